The maximum atomic E-state index is 11.8. The number of unbranched alkanes of at least 4 members (excludes halogenated alkanes) is 2. The van der Waals surface area contributed by atoms with E-state index in [1.54, 1.807) is 12.1 Å². The lowest BCUT2D eigenvalue weighted by atomic mass is 10.1. The summed E-state index contributed by atoms with van der Waals surface area (Å²) < 4.78 is 10.7. The molecule has 0 saturated heterocycles. The molecular weight excluding hydrogens is 268 g/mol. The highest BCUT2D eigenvalue weighted by molar-refractivity contribution is 5.77. The average Bonchev–Trinajstić information content (AvgIpc) is 2.50. The van der Waals surface area contributed by atoms with Crippen molar-refractivity contribution in [3.05, 3.63) is 40.8 Å². The van der Waals surface area contributed by atoms with Crippen molar-refractivity contribution in [2.24, 2.45) is 0 Å². The zero-order valence-corrected chi connectivity index (χ0v) is 12.4. The van der Waals surface area contributed by atoms with E-state index in [1.807, 2.05) is 25.1 Å². The Hall–Kier alpha value is -1.81. The fourth-order valence-electron chi connectivity index (χ4n) is 2.19. The minimum absolute atomic E-state index is 0.196. The molecule has 0 bridgehead atoms. The number of benzene rings is 1. The largest absolute Gasteiger partial charge is 0.487 e. The molecule has 0 aliphatic rings. The smallest absolute Gasteiger partial charge is 0.379 e. The van der Waals surface area contributed by atoms with Gasteiger partial charge in [0.15, 0.2) is 0 Å². The third-order valence-corrected chi connectivity index (χ3v) is 3.52. The maximum Gasteiger partial charge on any atom is 0.379 e. The van der Waals surface area contributed by atoms with Crippen molar-refractivity contribution in [2.45, 2.75) is 45.1 Å². The molecule has 0 spiro atoms. The molecule has 0 fully saturated rings. The third kappa shape index (κ3) is 4.60. The van der Waals surface area contributed by atoms with E-state index >= 15 is 0 Å². The molecule has 4 heteroatoms. The molecule has 0 aliphatic carbocycles. The predicted octanol–water partition coefficient (Wildman–Crippen LogP) is 3.50. The second-order valence-electron chi connectivity index (χ2n) is 5.20. The van der Waals surface area contributed by atoms with Crippen LogP contribution in [0.2, 0.25) is 0 Å². The minimum atomic E-state index is -0.435. The number of aliphatic hydroxyl groups is 1. The molecule has 4 nitrogen and oxygen atoms in total. The standard InChI is InChI=1S/C17H22O4/c1-2-14(18)9-4-3-7-11-20-16-12-13-8-5-6-10-15(13)21-17(16)19/h5-6,8,10,12,14,18H,2-4,7,9,11H2,1H3. The van der Waals surface area contributed by atoms with E-state index in [4.69, 9.17) is 9.15 Å². The van der Waals surface area contributed by atoms with Crippen molar-refractivity contribution in [3.63, 3.8) is 0 Å². The van der Waals surface area contributed by atoms with E-state index in [2.05, 4.69) is 0 Å². The number of hydrogen-bond acceptors (Lipinski definition) is 4. The Balaban J connectivity index is 1.81. The minimum Gasteiger partial charge on any atom is -0.487 e. The van der Waals surface area contributed by atoms with Crippen LogP contribution < -0.4 is 10.4 Å². The van der Waals surface area contributed by atoms with E-state index in [0.717, 1.165) is 37.5 Å². The first kappa shape index (κ1) is 15.6. The van der Waals surface area contributed by atoms with Crippen LogP contribution in [0.1, 0.15) is 39.0 Å². The van der Waals surface area contributed by atoms with Crippen molar-refractivity contribution in [2.75, 3.05) is 6.61 Å². The van der Waals surface area contributed by atoms with Gasteiger partial charge in [-0.2, -0.15) is 0 Å². The van der Waals surface area contributed by atoms with Gasteiger partial charge in [0.05, 0.1) is 12.7 Å². The zero-order chi connectivity index (χ0) is 15.1. The number of ether oxygens (including phenoxy) is 1. The topological polar surface area (TPSA) is 59.7 Å². The Morgan fingerprint density at radius 2 is 2.05 bits per heavy atom. The second kappa shape index (κ2) is 7.84. The van der Waals surface area contributed by atoms with Gasteiger partial charge in [0, 0.05) is 5.39 Å². The van der Waals surface area contributed by atoms with Crippen LogP contribution in [0.25, 0.3) is 11.0 Å². The molecule has 1 unspecified atom stereocenters. The van der Waals surface area contributed by atoms with E-state index in [9.17, 15) is 9.90 Å². The molecule has 0 amide bonds. The van der Waals surface area contributed by atoms with Crippen LogP contribution >= 0.6 is 0 Å². The molecule has 2 aromatic rings. The Morgan fingerprint density at radius 3 is 2.86 bits per heavy atom. The van der Waals surface area contributed by atoms with Crippen LogP contribution in [-0.2, 0) is 0 Å². The molecule has 0 radical (unpaired) electrons. The highest BCUT2D eigenvalue weighted by Gasteiger charge is 2.06. The van der Waals surface area contributed by atoms with E-state index in [0.29, 0.717) is 12.2 Å². The molecule has 114 valence electrons. The first-order valence-corrected chi connectivity index (χ1v) is 7.54. The van der Waals surface area contributed by atoms with E-state index in [-0.39, 0.29) is 11.9 Å². The Bertz CT molecular complexity index is 617. The molecule has 2 rings (SSSR count). The quantitative estimate of drug-likeness (QED) is 0.597. The van der Waals surface area contributed by atoms with Gasteiger partial charge in [0.2, 0.25) is 5.75 Å². The summed E-state index contributed by atoms with van der Waals surface area (Å²) in [5, 5.41) is 10.3. The maximum absolute atomic E-state index is 11.8. The number of para-hydroxylation sites is 1. The molecule has 1 N–H and O–H groups in total. The lowest BCUT2D eigenvalue weighted by Gasteiger charge is -2.08. The van der Waals surface area contributed by atoms with Gasteiger partial charge in [-0.05, 0) is 37.8 Å². The summed E-state index contributed by atoms with van der Waals surface area (Å²) in [5.74, 6) is 0.266. The fourth-order valence-corrected chi connectivity index (χ4v) is 2.19. The van der Waals surface area contributed by atoms with Gasteiger partial charge < -0.3 is 14.3 Å². The fraction of sp³-hybridized carbons (Fsp3) is 0.471. The van der Waals surface area contributed by atoms with Gasteiger partial charge in [-0.15, -0.1) is 0 Å². The monoisotopic (exact) mass is 290 g/mol. The summed E-state index contributed by atoms with van der Waals surface area (Å²) in [6.45, 7) is 2.47. The lowest BCUT2D eigenvalue weighted by Crippen LogP contribution is -2.08. The highest BCUT2D eigenvalue weighted by Crippen LogP contribution is 2.16. The first-order valence-electron chi connectivity index (χ1n) is 7.54. The van der Waals surface area contributed by atoms with Crippen molar-refractivity contribution < 1.29 is 14.3 Å². The first-order chi connectivity index (χ1) is 10.2. The van der Waals surface area contributed by atoms with Crippen LogP contribution in [0.15, 0.2) is 39.5 Å². The summed E-state index contributed by atoms with van der Waals surface area (Å²) in [5.41, 5.74) is 0.138. The van der Waals surface area contributed by atoms with E-state index < -0.39 is 5.63 Å². The normalized spacial score (nSPS) is 12.5. The van der Waals surface area contributed by atoms with Crippen LogP contribution in [-0.4, -0.2) is 17.8 Å². The number of hydrogen-bond donors (Lipinski definition) is 1. The molecular formula is C17H22O4. The lowest BCUT2D eigenvalue weighted by molar-refractivity contribution is 0.155. The van der Waals surface area contributed by atoms with Crippen molar-refractivity contribution in [3.8, 4) is 5.75 Å². The van der Waals surface area contributed by atoms with Gasteiger partial charge in [-0.25, -0.2) is 4.79 Å². The van der Waals surface area contributed by atoms with Gasteiger partial charge in [-0.1, -0.05) is 31.5 Å². The summed E-state index contributed by atoms with van der Waals surface area (Å²) in [6, 6.07) is 9.10. The summed E-state index contributed by atoms with van der Waals surface area (Å²) >= 11 is 0. The van der Waals surface area contributed by atoms with Gasteiger partial charge in [-0.3, -0.25) is 0 Å². The van der Waals surface area contributed by atoms with Crippen LogP contribution in [0, 0.1) is 0 Å². The summed E-state index contributed by atoms with van der Waals surface area (Å²) in [4.78, 5) is 11.8. The van der Waals surface area contributed by atoms with Gasteiger partial charge in [0.25, 0.3) is 0 Å². The molecule has 1 aromatic heterocycles. The van der Waals surface area contributed by atoms with Crippen LogP contribution in [0.5, 0.6) is 5.75 Å². The third-order valence-electron chi connectivity index (χ3n) is 3.52. The molecule has 0 saturated carbocycles. The molecule has 1 aromatic carbocycles. The van der Waals surface area contributed by atoms with Crippen LogP contribution in [0.4, 0.5) is 0 Å². The molecule has 0 aliphatic heterocycles. The second-order valence-corrected chi connectivity index (χ2v) is 5.20. The highest BCUT2D eigenvalue weighted by atomic mass is 16.5. The Labute approximate surface area is 124 Å². The van der Waals surface area contributed by atoms with Crippen LogP contribution in [0.3, 0.4) is 0 Å². The molecule has 1 atom stereocenters. The van der Waals surface area contributed by atoms with Crippen molar-refractivity contribution in [1.82, 2.24) is 0 Å². The summed E-state index contributed by atoms with van der Waals surface area (Å²) in [7, 11) is 0. The average molecular weight is 290 g/mol. The molecule has 1 heterocycles. The zero-order valence-electron chi connectivity index (χ0n) is 12.4. The predicted molar refractivity (Wildman–Crippen MR) is 82.7 cm³/mol. The number of fused-ring (bicyclic) bond motifs is 1. The van der Waals surface area contributed by atoms with Crippen molar-refractivity contribution in [1.29, 1.82) is 0 Å². The van der Waals surface area contributed by atoms with Gasteiger partial charge in [0.1, 0.15) is 5.58 Å². The Kier molecular flexibility index (Phi) is 5.81. The number of aliphatic hydroxyl groups excluding tert-OH is 1. The molecule has 21 heavy (non-hydrogen) atoms. The van der Waals surface area contributed by atoms with Crippen molar-refractivity contribution >= 4 is 11.0 Å². The SMILES string of the molecule is CCC(O)CCCCCOc1cc2ccccc2oc1=O. The summed E-state index contributed by atoms with van der Waals surface area (Å²) in [6.07, 6.45) is 4.26. The number of rotatable bonds is 8. The Morgan fingerprint density at radius 1 is 1.24 bits per heavy atom. The van der Waals surface area contributed by atoms with E-state index in [1.165, 1.54) is 0 Å². The van der Waals surface area contributed by atoms with Gasteiger partial charge >= 0.3 is 5.63 Å².